The lowest BCUT2D eigenvalue weighted by Crippen LogP contribution is -2.54. The van der Waals surface area contributed by atoms with E-state index in [-0.39, 0.29) is 0 Å². The second-order valence-corrected chi connectivity index (χ2v) is 8.86. The maximum Gasteiger partial charge on any atom is 0.137 e. The number of likely N-dealkylation sites (N-methyl/N-ethyl adjacent to an activating group) is 1. The predicted molar refractivity (Wildman–Crippen MR) is 121 cm³/mol. The Kier molecular flexibility index (Phi) is 5.13. The SMILES string of the molecule is CN1CCN(C2=Nc3ccccc3Sc3ccccc32)CC1Cc1ccccc1. The summed E-state index contributed by atoms with van der Waals surface area (Å²) in [6.07, 6.45) is 1.06. The van der Waals surface area contributed by atoms with Gasteiger partial charge in [-0.2, -0.15) is 0 Å². The van der Waals surface area contributed by atoms with Gasteiger partial charge >= 0.3 is 0 Å². The minimum Gasteiger partial charge on any atom is -0.353 e. The van der Waals surface area contributed by atoms with Crippen molar-refractivity contribution in [2.75, 3.05) is 26.7 Å². The lowest BCUT2D eigenvalue weighted by molar-refractivity contribution is 0.140. The summed E-state index contributed by atoms with van der Waals surface area (Å²) < 4.78 is 0. The van der Waals surface area contributed by atoms with Crippen molar-refractivity contribution in [2.24, 2.45) is 4.99 Å². The summed E-state index contributed by atoms with van der Waals surface area (Å²) in [4.78, 5) is 12.7. The second-order valence-electron chi connectivity index (χ2n) is 7.77. The number of piperazine rings is 1. The van der Waals surface area contributed by atoms with Crippen LogP contribution in [0.3, 0.4) is 0 Å². The molecule has 0 spiro atoms. The van der Waals surface area contributed by atoms with Crippen LogP contribution in [0.4, 0.5) is 5.69 Å². The Bertz CT molecular complexity index is 1030. The third kappa shape index (κ3) is 3.83. The van der Waals surface area contributed by atoms with Crippen LogP contribution in [-0.4, -0.2) is 48.4 Å². The highest BCUT2D eigenvalue weighted by molar-refractivity contribution is 7.99. The van der Waals surface area contributed by atoms with Crippen LogP contribution in [0.2, 0.25) is 0 Å². The summed E-state index contributed by atoms with van der Waals surface area (Å²) in [5, 5.41) is 0. The molecule has 0 saturated carbocycles. The molecule has 1 saturated heterocycles. The Morgan fingerprint density at radius 3 is 2.45 bits per heavy atom. The summed E-state index contributed by atoms with van der Waals surface area (Å²) in [5.74, 6) is 1.12. The van der Waals surface area contributed by atoms with Crippen molar-refractivity contribution >= 4 is 23.3 Å². The van der Waals surface area contributed by atoms with Gasteiger partial charge in [-0.05, 0) is 37.2 Å². The van der Waals surface area contributed by atoms with Crippen LogP contribution in [-0.2, 0) is 6.42 Å². The van der Waals surface area contributed by atoms with Gasteiger partial charge in [-0.15, -0.1) is 0 Å². The summed E-state index contributed by atoms with van der Waals surface area (Å²) in [6, 6.07) is 28.5. The van der Waals surface area contributed by atoms with Crippen LogP contribution < -0.4 is 0 Å². The van der Waals surface area contributed by atoms with E-state index in [2.05, 4.69) is 95.7 Å². The topological polar surface area (TPSA) is 18.8 Å². The van der Waals surface area contributed by atoms with Gasteiger partial charge in [0.1, 0.15) is 5.84 Å². The number of hydrogen-bond donors (Lipinski definition) is 0. The van der Waals surface area contributed by atoms with Gasteiger partial charge in [0, 0.05) is 41.0 Å². The van der Waals surface area contributed by atoms with E-state index in [1.165, 1.54) is 20.9 Å². The van der Waals surface area contributed by atoms with Crippen molar-refractivity contribution in [3.05, 3.63) is 90.0 Å². The van der Waals surface area contributed by atoms with E-state index in [0.29, 0.717) is 6.04 Å². The lowest BCUT2D eigenvalue weighted by Gasteiger charge is -2.41. The first kappa shape index (κ1) is 18.5. The molecule has 0 aromatic heterocycles. The molecular weight excluding hydrogens is 374 g/mol. The molecular formula is C25H25N3S. The molecule has 0 amide bonds. The Labute approximate surface area is 177 Å². The Morgan fingerprint density at radius 2 is 1.59 bits per heavy atom. The normalized spacial score (nSPS) is 19.1. The highest BCUT2D eigenvalue weighted by Gasteiger charge is 2.29. The number of hydrogen-bond acceptors (Lipinski definition) is 4. The van der Waals surface area contributed by atoms with Crippen molar-refractivity contribution < 1.29 is 0 Å². The van der Waals surface area contributed by atoms with Crippen LogP contribution in [0.5, 0.6) is 0 Å². The molecule has 4 heteroatoms. The quantitative estimate of drug-likeness (QED) is 0.598. The van der Waals surface area contributed by atoms with Gasteiger partial charge < -0.3 is 4.90 Å². The standard InChI is InChI=1S/C25H25N3S/c1-27-15-16-28(18-20(27)17-19-9-3-2-4-10-19)25-21-11-5-7-13-23(21)29-24-14-8-6-12-22(24)26-25/h2-14,20H,15-18H2,1H3. The van der Waals surface area contributed by atoms with Crippen LogP contribution in [0.25, 0.3) is 0 Å². The molecule has 0 N–H and O–H groups in total. The average molecular weight is 400 g/mol. The molecule has 1 fully saturated rings. The van der Waals surface area contributed by atoms with Gasteiger partial charge in [-0.1, -0.05) is 72.4 Å². The van der Waals surface area contributed by atoms with Crippen LogP contribution in [0.15, 0.2) is 93.6 Å². The van der Waals surface area contributed by atoms with Crippen molar-refractivity contribution in [1.82, 2.24) is 9.80 Å². The van der Waals surface area contributed by atoms with E-state index in [9.17, 15) is 0 Å². The third-order valence-corrected chi connectivity index (χ3v) is 6.97. The van der Waals surface area contributed by atoms with Crippen molar-refractivity contribution in [1.29, 1.82) is 0 Å². The molecule has 1 unspecified atom stereocenters. The number of aliphatic imine (C=N–C) groups is 1. The maximum atomic E-state index is 5.17. The van der Waals surface area contributed by atoms with Crippen LogP contribution in [0, 0.1) is 0 Å². The van der Waals surface area contributed by atoms with E-state index in [1.54, 1.807) is 0 Å². The van der Waals surface area contributed by atoms with E-state index in [4.69, 9.17) is 4.99 Å². The van der Waals surface area contributed by atoms with Gasteiger partial charge in [0.05, 0.1) is 5.69 Å². The largest absolute Gasteiger partial charge is 0.353 e. The van der Waals surface area contributed by atoms with Crippen molar-refractivity contribution in [3.63, 3.8) is 0 Å². The molecule has 3 nitrogen and oxygen atoms in total. The van der Waals surface area contributed by atoms with Gasteiger partial charge in [-0.3, -0.25) is 4.90 Å². The predicted octanol–water partition coefficient (Wildman–Crippen LogP) is 5.09. The number of fused-ring (bicyclic) bond motifs is 2. The molecule has 2 heterocycles. The molecule has 0 radical (unpaired) electrons. The van der Waals surface area contributed by atoms with E-state index < -0.39 is 0 Å². The molecule has 29 heavy (non-hydrogen) atoms. The number of benzene rings is 3. The highest BCUT2D eigenvalue weighted by Crippen LogP contribution is 2.40. The highest BCUT2D eigenvalue weighted by atomic mass is 32.2. The Hall–Kier alpha value is -2.56. The summed E-state index contributed by atoms with van der Waals surface area (Å²) in [5.41, 5.74) is 3.72. The fraction of sp³-hybridized carbons (Fsp3) is 0.240. The van der Waals surface area contributed by atoms with Gasteiger partial charge in [0.15, 0.2) is 0 Å². The molecule has 2 aliphatic rings. The fourth-order valence-corrected chi connectivity index (χ4v) is 5.17. The summed E-state index contributed by atoms with van der Waals surface area (Å²) in [7, 11) is 2.25. The van der Waals surface area contributed by atoms with Crippen molar-refractivity contribution in [3.8, 4) is 0 Å². The number of amidine groups is 1. The number of para-hydroxylation sites is 1. The third-order valence-electron chi connectivity index (χ3n) is 5.83. The zero-order chi connectivity index (χ0) is 19.6. The van der Waals surface area contributed by atoms with Crippen LogP contribution >= 0.6 is 11.8 Å². The van der Waals surface area contributed by atoms with E-state index >= 15 is 0 Å². The first-order valence-corrected chi connectivity index (χ1v) is 11.0. The van der Waals surface area contributed by atoms with Crippen LogP contribution in [0.1, 0.15) is 11.1 Å². The molecule has 146 valence electrons. The maximum absolute atomic E-state index is 5.17. The molecule has 5 rings (SSSR count). The second kappa shape index (κ2) is 8.05. The minimum absolute atomic E-state index is 0.479. The van der Waals surface area contributed by atoms with Gasteiger partial charge in [-0.25, -0.2) is 4.99 Å². The van der Waals surface area contributed by atoms with Gasteiger partial charge in [0.25, 0.3) is 0 Å². The summed E-state index contributed by atoms with van der Waals surface area (Å²) >= 11 is 1.82. The molecule has 0 aliphatic carbocycles. The van der Waals surface area contributed by atoms with E-state index in [0.717, 1.165) is 37.6 Å². The lowest BCUT2D eigenvalue weighted by atomic mass is 10.0. The Balaban J connectivity index is 1.49. The number of rotatable bonds is 2. The Morgan fingerprint density at radius 1 is 0.862 bits per heavy atom. The fourth-order valence-electron chi connectivity index (χ4n) is 4.16. The van der Waals surface area contributed by atoms with Crippen molar-refractivity contribution in [2.45, 2.75) is 22.3 Å². The van der Waals surface area contributed by atoms with E-state index in [1.807, 2.05) is 11.8 Å². The first-order chi connectivity index (χ1) is 14.3. The molecule has 2 aliphatic heterocycles. The van der Waals surface area contributed by atoms with Gasteiger partial charge in [0.2, 0.25) is 0 Å². The zero-order valence-corrected chi connectivity index (χ0v) is 17.5. The molecule has 3 aromatic rings. The average Bonchev–Trinajstić information content (AvgIpc) is 2.93. The number of nitrogens with zero attached hydrogens (tertiary/aromatic N) is 3. The zero-order valence-electron chi connectivity index (χ0n) is 16.7. The molecule has 1 atom stereocenters. The first-order valence-electron chi connectivity index (χ1n) is 10.2. The summed E-state index contributed by atoms with van der Waals surface area (Å²) in [6.45, 7) is 3.04. The molecule has 3 aromatic carbocycles. The minimum atomic E-state index is 0.479. The smallest absolute Gasteiger partial charge is 0.137 e. The monoisotopic (exact) mass is 399 g/mol. The molecule has 0 bridgehead atoms.